The third-order valence-corrected chi connectivity index (χ3v) is 4.10. The van der Waals surface area contributed by atoms with Gasteiger partial charge in [-0.2, -0.15) is 0 Å². The molecule has 0 amide bonds. The van der Waals surface area contributed by atoms with Crippen molar-refractivity contribution in [1.82, 2.24) is 10.3 Å². The zero-order valence-electron chi connectivity index (χ0n) is 10.5. The predicted molar refractivity (Wildman–Crippen MR) is 72.3 cm³/mol. The Hall–Kier alpha value is -0.600. The predicted octanol–water partition coefficient (Wildman–Crippen LogP) is 3.42. The highest BCUT2D eigenvalue weighted by Crippen LogP contribution is 2.22. The number of nitrogens with one attached hydrogen (secondary N) is 1. The van der Waals surface area contributed by atoms with Crippen LogP contribution in [0, 0.1) is 6.92 Å². The summed E-state index contributed by atoms with van der Waals surface area (Å²) in [4.78, 5) is 4.41. The summed E-state index contributed by atoms with van der Waals surface area (Å²) in [5, 5.41) is 3.85. The summed E-state index contributed by atoms with van der Waals surface area (Å²) in [5.74, 6) is 0. The molecule has 17 heavy (non-hydrogen) atoms. The molecule has 1 aromatic heterocycles. The van der Waals surface area contributed by atoms with E-state index >= 15 is 0 Å². The molecular weight excluding hydrogens is 232 g/mol. The number of hydrogen-bond donors (Lipinski definition) is 1. The number of hydrogen-bond acceptors (Lipinski definition) is 2. The van der Waals surface area contributed by atoms with Gasteiger partial charge in [0.1, 0.15) is 0 Å². The second-order valence-corrected chi connectivity index (χ2v) is 5.47. The molecule has 1 aliphatic carbocycles. The number of halogens is 1. The molecule has 2 rings (SSSR count). The maximum atomic E-state index is 6.41. The molecule has 1 heterocycles. The van der Waals surface area contributed by atoms with E-state index in [-0.39, 0.29) is 5.38 Å². The van der Waals surface area contributed by atoms with E-state index in [1.807, 2.05) is 12.3 Å². The van der Waals surface area contributed by atoms with Crippen LogP contribution in [0.2, 0.25) is 0 Å². The van der Waals surface area contributed by atoms with Crippen molar-refractivity contribution in [2.75, 3.05) is 0 Å². The smallest absolute Gasteiger partial charge is 0.0570 e. The number of nitrogens with zero attached hydrogens (tertiary/aromatic N) is 1. The van der Waals surface area contributed by atoms with E-state index in [0.29, 0.717) is 6.04 Å². The molecule has 0 aliphatic heterocycles. The lowest BCUT2D eigenvalue weighted by molar-refractivity contribution is 0.461. The molecule has 2 atom stereocenters. The third-order valence-electron chi connectivity index (χ3n) is 3.58. The van der Waals surface area contributed by atoms with Gasteiger partial charge in [0.25, 0.3) is 0 Å². The van der Waals surface area contributed by atoms with Gasteiger partial charge in [0.2, 0.25) is 0 Å². The molecule has 1 saturated carbocycles. The molecule has 0 radical (unpaired) electrons. The fraction of sp³-hybridized carbons (Fsp3) is 0.643. The average molecular weight is 253 g/mol. The first-order valence-corrected chi connectivity index (χ1v) is 6.99. The van der Waals surface area contributed by atoms with Crippen molar-refractivity contribution in [2.24, 2.45) is 0 Å². The minimum atomic E-state index is 0.279. The minimum Gasteiger partial charge on any atom is -0.307 e. The van der Waals surface area contributed by atoms with Crippen LogP contribution in [0.1, 0.15) is 43.4 Å². The van der Waals surface area contributed by atoms with Crippen LogP contribution in [0.5, 0.6) is 0 Å². The van der Waals surface area contributed by atoms with Crippen molar-refractivity contribution in [2.45, 2.75) is 57.0 Å². The van der Waals surface area contributed by atoms with Gasteiger partial charge in [-0.1, -0.05) is 25.3 Å². The molecule has 1 aliphatic rings. The summed E-state index contributed by atoms with van der Waals surface area (Å²) in [6.45, 7) is 2.94. The molecule has 0 saturated heterocycles. The summed E-state index contributed by atoms with van der Waals surface area (Å²) in [7, 11) is 0. The number of alkyl halides is 1. The Bertz CT molecular complexity index is 354. The van der Waals surface area contributed by atoms with Crippen LogP contribution in [-0.4, -0.2) is 16.4 Å². The van der Waals surface area contributed by atoms with Gasteiger partial charge >= 0.3 is 0 Å². The van der Waals surface area contributed by atoms with E-state index in [4.69, 9.17) is 11.6 Å². The van der Waals surface area contributed by atoms with E-state index in [9.17, 15) is 0 Å². The maximum absolute atomic E-state index is 6.41. The molecule has 3 heteroatoms. The summed E-state index contributed by atoms with van der Waals surface area (Å²) < 4.78 is 0. The fourth-order valence-electron chi connectivity index (χ4n) is 2.42. The Balaban J connectivity index is 1.90. The fourth-order valence-corrected chi connectivity index (χ4v) is 2.79. The van der Waals surface area contributed by atoms with Crippen molar-refractivity contribution < 1.29 is 0 Å². The molecule has 0 aromatic carbocycles. The molecule has 0 spiro atoms. The quantitative estimate of drug-likeness (QED) is 0.659. The Morgan fingerprint density at radius 3 is 3.00 bits per heavy atom. The van der Waals surface area contributed by atoms with Gasteiger partial charge in [-0.05, 0) is 31.4 Å². The summed E-state index contributed by atoms with van der Waals surface area (Å²) in [5.41, 5.74) is 2.39. The Morgan fingerprint density at radius 2 is 2.18 bits per heavy atom. The second-order valence-electron chi connectivity index (χ2n) is 4.91. The first-order valence-electron chi connectivity index (χ1n) is 6.55. The molecular formula is C14H21ClN2. The number of aromatic nitrogens is 1. The van der Waals surface area contributed by atoms with Gasteiger partial charge in [-0.15, -0.1) is 11.6 Å². The number of pyridine rings is 1. The molecule has 1 aromatic rings. The lowest BCUT2D eigenvalue weighted by Crippen LogP contribution is -2.36. The average Bonchev–Trinajstić information content (AvgIpc) is 2.53. The van der Waals surface area contributed by atoms with E-state index in [0.717, 1.165) is 18.7 Å². The molecule has 1 fully saturated rings. The SMILES string of the molecule is Cc1cccnc1CNC1CCCCCC1Cl. The molecule has 2 unspecified atom stereocenters. The van der Waals surface area contributed by atoms with Crippen LogP contribution >= 0.6 is 11.6 Å². The van der Waals surface area contributed by atoms with Crippen LogP contribution < -0.4 is 5.32 Å². The number of aryl methyl sites for hydroxylation is 1. The highest BCUT2D eigenvalue weighted by atomic mass is 35.5. The molecule has 94 valence electrons. The van der Waals surface area contributed by atoms with E-state index in [2.05, 4.69) is 23.3 Å². The normalized spacial score (nSPS) is 25.5. The molecule has 2 nitrogen and oxygen atoms in total. The number of rotatable bonds is 3. The van der Waals surface area contributed by atoms with Gasteiger partial charge in [0, 0.05) is 24.2 Å². The highest BCUT2D eigenvalue weighted by Gasteiger charge is 2.21. The van der Waals surface area contributed by atoms with Gasteiger partial charge in [0.15, 0.2) is 0 Å². The first-order chi connectivity index (χ1) is 8.27. The van der Waals surface area contributed by atoms with E-state index < -0.39 is 0 Å². The second kappa shape index (κ2) is 6.36. The van der Waals surface area contributed by atoms with Crippen LogP contribution in [-0.2, 0) is 6.54 Å². The summed E-state index contributed by atoms with van der Waals surface area (Å²) in [6, 6.07) is 4.53. The van der Waals surface area contributed by atoms with E-state index in [1.165, 1.54) is 31.2 Å². The maximum Gasteiger partial charge on any atom is 0.0570 e. The Kier molecular flexibility index (Phi) is 4.81. The van der Waals surface area contributed by atoms with Gasteiger partial charge in [0.05, 0.1) is 5.69 Å². The zero-order chi connectivity index (χ0) is 12.1. The lowest BCUT2D eigenvalue weighted by Gasteiger charge is -2.21. The standard InChI is InChI=1S/C14H21ClN2/c1-11-6-5-9-16-14(11)10-17-13-8-4-2-3-7-12(13)15/h5-6,9,12-13,17H,2-4,7-8,10H2,1H3. The van der Waals surface area contributed by atoms with Crippen LogP contribution in [0.15, 0.2) is 18.3 Å². The van der Waals surface area contributed by atoms with Crippen LogP contribution in [0.4, 0.5) is 0 Å². The van der Waals surface area contributed by atoms with Crippen LogP contribution in [0.3, 0.4) is 0 Å². The van der Waals surface area contributed by atoms with Gasteiger partial charge in [-0.25, -0.2) is 0 Å². The Labute approximate surface area is 109 Å². The molecule has 0 bridgehead atoms. The zero-order valence-corrected chi connectivity index (χ0v) is 11.2. The lowest BCUT2D eigenvalue weighted by atomic mass is 10.1. The first kappa shape index (κ1) is 12.8. The van der Waals surface area contributed by atoms with Gasteiger partial charge in [-0.3, -0.25) is 4.98 Å². The van der Waals surface area contributed by atoms with Crippen molar-refractivity contribution in [3.63, 3.8) is 0 Å². The van der Waals surface area contributed by atoms with Gasteiger partial charge < -0.3 is 5.32 Å². The third kappa shape index (κ3) is 3.68. The van der Waals surface area contributed by atoms with Crippen molar-refractivity contribution in [3.8, 4) is 0 Å². The summed E-state index contributed by atoms with van der Waals surface area (Å²) >= 11 is 6.41. The van der Waals surface area contributed by atoms with Crippen LogP contribution in [0.25, 0.3) is 0 Å². The largest absolute Gasteiger partial charge is 0.307 e. The van der Waals surface area contributed by atoms with Crippen molar-refractivity contribution in [1.29, 1.82) is 0 Å². The van der Waals surface area contributed by atoms with Crippen molar-refractivity contribution in [3.05, 3.63) is 29.6 Å². The summed E-state index contributed by atoms with van der Waals surface area (Å²) in [6.07, 6.45) is 8.08. The van der Waals surface area contributed by atoms with Crippen molar-refractivity contribution >= 4 is 11.6 Å². The minimum absolute atomic E-state index is 0.279. The molecule has 1 N–H and O–H groups in total. The Morgan fingerprint density at radius 1 is 1.35 bits per heavy atom. The topological polar surface area (TPSA) is 24.9 Å². The van der Waals surface area contributed by atoms with E-state index in [1.54, 1.807) is 0 Å². The highest BCUT2D eigenvalue weighted by molar-refractivity contribution is 6.21. The monoisotopic (exact) mass is 252 g/mol.